The first-order valence-corrected chi connectivity index (χ1v) is 9.14. The van der Waals surface area contributed by atoms with Gasteiger partial charge in [0.1, 0.15) is 5.75 Å². The Kier molecular flexibility index (Phi) is 6.44. The molecule has 0 fully saturated rings. The molecular formula is C15H19N3O5S. The third-order valence-corrected chi connectivity index (χ3v) is 4.65. The molecular weight excluding hydrogens is 334 g/mol. The monoisotopic (exact) mass is 353 g/mol. The van der Waals surface area contributed by atoms with E-state index in [1.807, 2.05) is 6.92 Å². The SMILES string of the molecule is CCOCCCNC(=O)c1nnc(CS(=O)(=O)c2ccccc2)o1. The second-order valence-electron chi connectivity index (χ2n) is 4.88. The first-order chi connectivity index (χ1) is 11.5. The lowest BCUT2D eigenvalue weighted by Gasteiger charge is -2.02. The quantitative estimate of drug-likeness (QED) is 0.674. The zero-order chi connectivity index (χ0) is 17.4. The number of carbonyl (C=O) groups excluding carboxylic acids is 1. The maximum atomic E-state index is 12.2. The molecule has 1 N–H and O–H groups in total. The van der Waals surface area contributed by atoms with Crippen molar-refractivity contribution < 1.29 is 22.4 Å². The van der Waals surface area contributed by atoms with Crippen LogP contribution in [0.2, 0.25) is 0 Å². The lowest BCUT2D eigenvalue weighted by Crippen LogP contribution is -2.25. The average molecular weight is 353 g/mol. The number of hydrogen-bond acceptors (Lipinski definition) is 7. The summed E-state index contributed by atoms with van der Waals surface area (Å²) < 4.78 is 34.7. The van der Waals surface area contributed by atoms with Crippen LogP contribution in [0.1, 0.15) is 29.9 Å². The third-order valence-electron chi connectivity index (χ3n) is 3.03. The predicted molar refractivity (Wildman–Crippen MR) is 85.1 cm³/mol. The third kappa shape index (κ3) is 5.14. The lowest BCUT2D eigenvalue weighted by atomic mass is 10.4. The molecule has 0 saturated carbocycles. The minimum absolute atomic E-state index is 0.127. The van der Waals surface area contributed by atoms with E-state index in [9.17, 15) is 13.2 Å². The van der Waals surface area contributed by atoms with Gasteiger partial charge in [0.2, 0.25) is 5.89 Å². The molecule has 0 spiro atoms. The number of nitrogens with one attached hydrogen (secondary N) is 1. The highest BCUT2D eigenvalue weighted by atomic mass is 32.2. The fraction of sp³-hybridized carbons (Fsp3) is 0.400. The highest BCUT2D eigenvalue weighted by Gasteiger charge is 2.21. The van der Waals surface area contributed by atoms with Gasteiger partial charge in [-0.25, -0.2) is 8.42 Å². The first kappa shape index (κ1) is 18.1. The van der Waals surface area contributed by atoms with Gasteiger partial charge in [0.25, 0.3) is 0 Å². The van der Waals surface area contributed by atoms with E-state index in [-0.39, 0.29) is 16.7 Å². The van der Waals surface area contributed by atoms with Gasteiger partial charge in [-0.1, -0.05) is 18.2 Å². The minimum atomic E-state index is -3.60. The Labute approximate surface area is 140 Å². The molecule has 8 nitrogen and oxygen atoms in total. The Balaban J connectivity index is 1.92. The molecule has 1 aromatic heterocycles. The van der Waals surface area contributed by atoms with E-state index in [1.165, 1.54) is 12.1 Å². The predicted octanol–water partition coefficient (Wildman–Crippen LogP) is 1.20. The van der Waals surface area contributed by atoms with Crippen LogP contribution in [0.4, 0.5) is 0 Å². The number of amides is 1. The van der Waals surface area contributed by atoms with Crippen molar-refractivity contribution in [3.8, 4) is 0 Å². The Hall–Kier alpha value is -2.26. The number of benzene rings is 1. The summed E-state index contributed by atoms with van der Waals surface area (Å²) in [4.78, 5) is 12.0. The fourth-order valence-electron chi connectivity index (χ4n) is 1.87. The average Bonchev–Trinajstić information content (AvgIpc) is 3.03. The molecule has 2 rings (SSSR count). The molecule has 1 heterocycles. The first-order valence-electron chi connectivity index (χ1n) is 7.49. The van der Waals surface area contributed by atoms with E-state index < -0.39 is 21.5 Å². The molecule has 0 aliphatic carbocycles. The van der Waals surface area contributed by atoms with Crippen molar-refractivity contribution in [3.05, 3.63) is 42.1 Å². The van der Waals surface area contributed by atoms with Crippen molar-refractivity contribution in [1.29, 1.82) is 0 Å². The van der Waals surface area contributed by atoms with Crippen molar-refractivity contribution in [3.63, 3.8) is 0 Å². The number of sulfone groups is 1. The Morgan fingerprint density at radius 2 is 2.00 bits per heavy atom. The molecule has 1 amide bonds. The number of carbonyl (C=O) groups is 1. The molecule has 0 aliphatic rings. The molecule has 0 atom stereocenters. The maximum absolute atomic E-state index is 12.2. The van der Waals surface area contributed by atoms with E-state index in [4.69, 9.17) is 9.15 Å². The summed E-state index contributed by atoms with van der Waals surface area (Å²) in [5, 5.41) is 9.81. The topological polar surface area (TPSA) is 111 Å². The zero-order valence-electron chi connectivity index (χ0n) is 13.3. The standard InChI is InChI=1S/C15H19N3O5S/c1-2-22-10-6-9-16-14(19)15-18-17-13(23-15)11-24(20,21)12-7-4-3-5-8-12/h3-5,7-8H,2,6,9-11H2,1H3,(H,16,19). The van der Waals surface area contributed by atoms with Crippen LogP contribution in [0.3, 0.4) is 0 Å². The molecule has 0 unspecified atom stereocenters. The summed E-state index contributed by atoms with van der Waals surface area (Å²) in [7, 11) is -3.60. The van der Waals surface area contributed by atoms with Crippen LogP contribution in [-0.4, -0.2) is 44.3 Å². The number of ether oxygens (including phenoxy) is 1. The number of hydrogen-bond donors (Lipinski definition) is 1. The fourth-order valence-corrected chi connectivity index (χ4v) is 3.05. The van der Waals surface area contributed by atoms with Gasteiger partial charge in [0.05, 0.1) is 4.90 Å². The van der Waals surface area contributed by atoms with Crippen molar-refractivity contribution in [1.82, 2.24) is 15.5 Å². The highest BCUT2D eigenvalue weighted by Crippen LogP contribution is 2.15. The Morgan fingerprint density at radius 3 is 2.71 bits per heavy atom. The summed E-state index contributed by atoms with van der Waals surface area (Å²) in [6.45, 7) is 3.46. The summed E-state index contributed by atoms with van der Waals surface area (Å²) in [5.41, 5.74) is 0. The normalized spacial score (nSPS) is 11.4. The van der Waals surface area contributed by atoms with Crippen LogP contribution in [-0.2, 0) is 20.3 Å². The molecule has 130 valence electrons. The molecule has 0 radical (unpaired) electrons. The Morgan fingerprint density at radius 1 is 1.25 bits per heavy atom. The van der Waals surface area contributed by atoms with Gasteiger partial charge in [-0.15, -0.1) is 10.2 Å². The highest BCUT2D eigenvalue weighted by molar-refractivity contribution is 7.90. The summed E-state index contributed by atoms with van der Waals surface area (Å²) in [5.74, 6) is -1.38. The van der Waals surface area contributed by atoms with Crippen LogP contribution in [0.25, 0.3) is 0 Å². The van der Waals surface area contributed by atoms with E-state index in [0.717, 1.165) is 0 Å². The van der Waals surface area contributed by atoms with Gasteiger partial charge in [-0.2, -0.15) is 0 Å². The number of rotatable bonds is 9. The van der Waals surface area contributed by atoms with Gasteiger partial charge >= 0.3 is 11.8 Å². The van der Waals surface area contributed by atoms with Crippen molar-refractivity contribution in [2.45, 2.75) is 24.0 Å². The molecule has 2 aromatic rings. The van der Waals surface area contributed by atoms with E-state index in [0.29, 0.717) is 26.2 Å². The van der Waals surface area contributed by atoms with Crippen LogP contribution in [0.15, 0.2) is 39.6 Å². The Bertz CT molecular complexity index is 758. The van der Waals surface area contributed by atoms with E-state index >= 15 is 0 Å². The number of nitrogens with zero attached hydrogens (tertiary/aromatic N) is 2. The molecule has 1 aromatic carbocycles. The maximum Gasteiger partial charge on any atom is 0.308 e. The lowest BCUT2D eigenvalue weighted by molar-refractivity contribution is 0.0908. The molecule has 24 heavy (non-hydrogen) atoms. The molecule has 9 heteroatoms. The van der Waals surface area contributed by atoms with Gasteiger partial charge in [-0.3, -0.25) is 4.79 Å². The second kappa shape index (κ2) is 8.55. The summed E-state index contributed by atoms with van der Waals surface area (Å²) in [6, 6.07) is 7.94. The van der Waals surface area contributed by atoms with E-state index in [2.05, 4.69) is 15.5 Å². The number of aromatic nitrogens is 2. The molecule has 0 saturated heterocycles. The summed E-state index contributed by atoms with van der Waals surface area (Å²) in [6.07, 6.45) is 0.656. The van der Waals surface area contributed by atoms with Crippen LogP contribution in [0, 0.1) is 0 Å². The molecule has 0 bridgehead atoms. The second-order valence-corrected chi connectivity index (χ2v) is 6.87. The van der Waals surface area contributed by atoms with Crippen molar-refractivity contribution in [2.24, 2.45) is 0 Å². The van der Waals surface area contributed by atoms with Gasteiger partial charge in [0, 0.05) is 19.8 Å². The van der Waals surface area contributed by atoms with Crippen molar-refractivity contribution in [2.75, 3.05) is 19.8 Å². The summed E-state index contributed by atoms with van der Waals surface area (Å²) >= 11 is 0. The van der Waals surface area contributed by atoms with Crippen LogP contribution < -0.4 is 5.32 Å². The van der Waals surface area contributed by atoms with Gasteiger partial charge in [-0.05, 0) is 25.5 Å². The van der Waals surface area contributed by atoms with Gasteiger partial charge in [0.15, 0.2) is 9.84 Å². The zero-order valence-corrected chi connectivity index (χ0v) is 14.1. The van der Waals surface area contributed by atoms with E-state index in [1.54, 1.807) is 18.2 Å². The smallest absolute Gasteiger partial charge is 0.308 e. The largest absolute Gasteiger partial charge is 0.416 e. The van der Waals surface area contributed by atoms with Gasteiger partial charge < -0.3 is 14.5 Å². The molecule has 0 aliphatic heterocycles. The minimum Gasteiger partial charge on any atom is -0.416 e. The van der Waals surface area contributed by atoms with Crippen LogP contribution >= 0.6 is 0 Å². The van der Waals surface area contributed by atoms with Crippen molar-refractivity contribution >= 4 is 15.7 Å². The van der Waals surface area contributed by atoms with Crippen LogP contribution in [0.5, 0.6) is 0 Å².